The summed E-state index contributed by atoms with van der Waals surface area (Å²) in [7, 11) is 1.69. The van der Waals surface area contributed by atoms with Crippen LogP contribution in [0.1, 0.15) is 52.3 Å². The summed E-state index contributed by atoms with van der Waals surface area (Å²) >= 11 is 0. The molecule has 0 saturated heterocycles. The monoisotopic (exact) mass is 283 g/mol. The number of ether oxygens (including phenoxy) is 2. The first-order chi connectivity index (χ1) is 9.73. The van der Waals surface area contributed by atoms with Gasteiger partial charge in [0.25, 0.3) is 0 Å². The molecule has 1 N–H and O–H groups in total. The Morgan fingerprint density at radius 2 is 2.05 bits per heavy atom. The fourth-order valence-electron chi connectivity index (χ4n) is 2.57. The van der Waals surface area contributed by atoms with Crippen LogP contribution in [0.25, 0.3) is 0 Å². The molecule has 116 valence electrons. The quantitative estimate of drug-likeness (QED) is 0.717. The first-order valence-electron chi connectivity index (χ1n) is 7.67. The molecule has 0 aliphatic heterocycles. The van der Waals surface area contributed by atoms with Crippen molar-refractivity contribution in [2.75, 3.05) is 20.3 Å². The molecular weight excluding hydrogens is 254 g/mol. The summed E-state index contributed by atoms with van der Waals surface area (Å²) in [4.78, 5) is 0. The Kier molecular flexibility index (Phi) is 7.62. The molecule has 1 heterocycles. The molecule has 0 spiro atoms. The van der Waals surface area contributed by atoms with Crippen LogP contribution in [0.4, 0.5) is 0 Å². The number of hydrogen-bond acceptors (Lipinski definition) is 4. The van der Waals surface area contributed by atoms with Crippen LogP contribution in [0, 0.1) is 0 Å². The molecule has 0 aliphatic rings. The van der Waals surface area contributed by atoms with Gasteiger partial charge in [0, 0.05) is 13.2 Å². The fourth-order valence-corrected chi connectivity index (χ4v) is 2.57. The maximum atomic E-state index is 5.96. The van der Waals surface area contributed by atoms with E-state index in [2.05, 4.69) is 31.2 Å². The van der Waals surface area contributed by atoms with Crippen molar-refractivity contribution in [3.8, 4) is 5.75 Å². The lowest BCUT2D eigenvalue weighted by molar-refractivity contribution is 0.0252. The number of methoxy groups -OCH3 is 1. The van der Waals surface area contributed by atoms with E-state index in [1.165, 1.54) is 0 Å². The molecule has 20 heavy (non-hydrogen) atoms. The van der Waals surface area contributed by atoms with Gasteiger partial charge >= 0.3 is 0 Å². The summed E-state index contributed by atoms with van der Waals surface area (Å²) in [5.74, 6) is 0.832. The van der Waals surface area contributed by atoms with Crippen molar-refractivity contribution in [3.05, 3.63) is 11.9 Å². The van der Waals surface area contributed by atoms with Crippen LogP contribution in [0.3, 0.4) is 0 Å². The molecule has 0 fully saturated rings. The minimum absolute atomic E-state index is 0.109. The zero-order valence-corrected chi connectivity index (χ0v) is 13.5. The van der Waals surface area contributed by atoms with Crippen molar-refractivity contribution in [1.82, 2.24) is 15.1 Å². The molecule has 1 aromatic rings. The van der Waals surface area contributed by atoms with Crippen molar-refractivity contribution in [3.63, 3.8) is 0 Å². The van der Waals surface area contributed by atoms with Gasteiger partial charge in [0.05, 0.1) is 31.1 Å². The highest BCUT2D eigenvalue weighted by molar-refractivity contribution is 5.29. The van der Waals surface area contributed by atoms with Crippen LogP contribution >= 0.6 is 0 Å². The first-order valence-corrected chi connectivity index (χ1v) is 7.67. The molecule has 1 aromatic heterocycles. The number of nitrogens with zero attached hydrogens (tertiary/aromatic N) is 2. The minimum Gasteiger partial charge on any atom is -0.493 e. The maximum absolute atomic E-state index is 5.96. The van der Waals surface area contributed by atoms with Crippen LogP contribution < -0.4 is 10.1 Å². The molecule has 2 unspecified atom stereocenters. The molecule has 1 rings (SSSR count). The van der Waals surface area contributed by atoms with E-state index in [1.54, 1.807) is 13.3 Å². The van der Waals surface area contributed by atoms with Crippen molar-refractivity contribution in [1.29, 1.82) is 0 Å². The van der Waals surface area contributed by atoms with E-state index in [0.29, 0.717) is 0 Å². The summed E-state index contributed by atoms with van der Waals surface area (Å²) in [5, 5.41) is 7.95. The van der Waals surface area contributed by atoms with E-state index < -0.39 is 0 Å². The third kappa shape index (κ3) is 3.96. The van der Waals surface area contributed by atoms with Crippen molar-refractivity contribution < 1.29 is 9.47 Å². The van der Waals surface area contributed by atoms with E-state index in [4.69, 9.17) is 9.47 Å². The normalized spacial score (nSPS) is 14.2. The summed E-state index contributed by atoms with van der Waals surface area (Å²) in [6, 6.07) is 0.109. The Bertz CT molecular complexity index is 352. The lowest BCUT2D eigenvalue weighted by atomic mass is 10.0. The molecule has 0 aromatic carbocycles. The number of nitrogens with one attached hydrogen (secondary N) is 1. The van der Waals surface area contributed by atoms with Gasteiger partial charge in [0.1, 0.15) is 0 Å². The zero-order chi connectivity index (χ0) is 15.0. The zero-order valence-electron chi connectivity index (χ0n) is 13.5. The molecule has 2 atom stereocenters. The van der Waals surface area contributed by atoms with Gasteiger partial charge in [0.15, 0.2) is 5.75 Å². The summed E-state index contributed by atoms with van der Waals surface area (Å²) in [6.07, 6.45) is 4.04. The Morgan fingerprint density at radius 3 is 2.55 bits per heavy atom. The predicted molar refractivity (Wildman–Crippen MR) is 81.2 cm³/mol. The van der Waals surface area contributed by atoms with Gasteiger partial charge in [-0.05, 0) is 26.8 Å². The molecule has 0 aliphatic carbocycles. The van der Waals surface area contributed by atoms with Gasteiger partial charge in [-0.1, -0.05) is 20.3 Å². The maximum Gasteiger partial charge on any atom is 0.161 e. The van der Waals surface area contributed by atoms with Crippen LogP contribution in [0.15, 0.2) is 6.20 Å². The van der Waals surface area contributed by atoms with E-state index in [9.17, 15) is 0 Å². The lowest BCUT2D eigenvalue weighted by Gasteiger charge is -2.28. The number of rotatable bonds is 10. The van der Waals surface area contributed by atoms with Gasteiger partial charge < -0.3 is 14.8 Å². The molecule has 5 heteroatoms. The number of aromatic nitrogens is 2. The summed E-state index contributed by atoms with van der Waals surface area (Å²) in [6.45, 7) is 10.9. The molecule has 5 nitrogen and oxygen atoms in total. The highest BCUT2D eigenvalue weighted by atomic mass is 16.5. The molecule has 0 bridgehead atoms. The average Bonchev–Trinajstić information content (AvgIpc) is 2.87. The highest BCUT2D eigenvalue weighted by Crippen LogP contribution is 2.30. The minimum atomic E-state index is 0.109. The van der Waals surface area contributed by atoms with Gasteiger partial charge in [-0.15, -0.1) is 0 Å². The van der Waals surface area contributed by atoms with Gasteiger partial charge in [-0.25, -0.2) is 0 Å². The standard InChI is InChI=1S/C15H29N3O2/c1-6-10-12(20-9-4)14(16-7-2)15-13(19-5)11-17-18(15)8-3/h11-12,14,16H,6-10H2,1-5H3. The number of aryl methyl sites for hydroxylation is 1. The topological polar surface area (TPSA) is 48.3 Å². The highest BCUT2D eigenvalue weighted by Gasteiger charge is 2.28. The Labute approximate surface area is 122 Å². The Balaban J connectivity index is 3.12. The first kappa shape index (κ1) is 17.0. The van der Waals surface area contributed by atoms with Crippen LogP contribution in [-0.4, -0.2) is 36.1 Å². The Hall–Kier alpha value is -1.07. The summed E-state index contributed by atoms with van der Waals surface area (Å²) in [5.41, 5.74) is 1.09. The van der Waals surface area contributed by atoms with Crippen molar-refractivity contribution in [2.45, 2.75) is 59.2 Å². The van der Waals surface area contributed by atoms with Gasteiger partial charge in [-0.3, -0.25) is 4.68 Å². The number of hydrogen-bond donors (Lipinski definition) is 1. The van der Waals surface area contributed by atoms with Crippen LogP contribution in [0.5, 0.6) is 5.75 Å². The van der Waals surface area contributed by atoms with E-state index >= 15 is 0 Å². The third-order valence-corrected chi connectivity index (χ3v) is 3.41. The van der Waals surface area contributed by atoms with Crippen molar-refractivity contribution >= 4 is 0 Å². The smallest absolute Gasteiger partial charge is 0.161 e. The second kappa shape index (κ2) is 8.97. The average molecular weight is 283 g/mol. The number of likely N-dealkylation sites (N-methyl/N-ethyl adjacent to an activating group) is 1. The second-order valence-electron chi connectivity index (χ2n) is 4.73. The molecule has 0 saturated carbocycles. The predicted octanol–water partition coefficient (Wildman–Crippen LogP) is 2.77. The molecule has 0 amide bonds. The van der Waals surface area contributed by atoms with E-state index in [-0.39, 0.29) is 12.1 Å². The third-order valence-electron chi connectivity index (χ3n) is 3.41. The second-order valence-corrected chi connectivity index (χ2v) is 4.73. The molecule has 0 radical (unpaired) electrons. The van der Waals surface area contributed by atoms with E-state index in [0.717, 1.165) is 44.0 Å². The SMILES string of the molecule is CCCC(OCC)C(NCC)c1c(OC)cnn1CC. The van der Waals surface area contributed by atoms with E-state index in [1.807, 2.05) is 11.6 Å². The lowest BCUT2D eigenvalue weighted by Crippen LogP contribution is -2.35. The molecular formula is C15H29N3O2. The Morgan fingerprint density at radius 1 is 1.30 bits per heavy atom. The summed E-state index contributed by atoms with van der Waals surface area (Å²) < 4.78 is 13.4. The van der Waals surface area contributed by atoms with Gasteiger partial charge in [-0.2, -0.15) is 5.10 Å². The van der Waals surface area contributed by atoms with Crippen molar-refractivity contribution in [2.24, 2.45) is 0 Å². The fraction of sp³-hybridized carbons (Fsp3) is 0.800. The van der Waals surface area contributed by atoms with Crippen LogP contribution in [0.2, 0.25) is 0 Å². The van der Waals surface area contributed by atoms with Gasteiger partial charge in [0.2, 0.25) is 0 Å². The largest absolute Gasteiger partial charge is 0.493 e. The van der Waals surface area contributed by atoms with Crippen LogP contribution in [-0.2, 0) is 11.3 Å².